The molecule has 0 aromatic carbocycles. The maximum atomic E-state index is 2.00. The topological polar surface area (TPSA) is 0 Å². The lowest BCUT2D eigenvalue weighted by molar-refractivity contribution is 1.50. The molecule has 0 radical (unpaired) electrons. The molecule has 76 valence electrons. The molecule has 10 heavy (non-hydrogen) atoms. The van der Waals surface area contributed by atoms with E-state index in [1.165, 1.54) is 0 Å². The fourth-order valence-electron chi connectivity index (χ4n) is 0. The summed E-state index contributed by atoms with van der Waals surface area (Å²) in [6.07, 6.45) is 0. The number of hydrogen-bond acceptors (Lipinski definition) is 0. The van der Waals surface area contributed by atoms with Crippen LogP contribution in [-0.2, 0) is 0 Å². The van der Waals surface area contributed by atoms with Gasteiger partial charge >= 0.3 is 0 Å². The summed E-state index contributed by atoms with van der Waals surface area (Å²) in [6, 6.07) is 0. The van der Waals surface area contributed by atoms with Crippen LogP contribution < -0.4 is 0 Å². The van der Waals surface area contributed by atoms with Crippen molar-refractivity contribution in [2.75, 3.05) is 0 Å². The quantitative estimate of drug-likeness (QED) is 0.416. The maximum absolute atomic E-state index is 2.00. The van der Waals surface area contributed by atoms with Crippen LogP contribution in [0.2, 0.25) is 0 Å². The minimum Gasteiger partial charge on any atom is -0.0776 e. The van der Waals surface area contributed by atoms with Crippen LogP contribution in [0, 0.1) is 0 Å². The fourth-order valence-corrected chi connectivity index (χ4v) is 0. The zero-order valence-corrected chi connectivity index (χ0v) is 8.00. The first kappa shape index (κ1) is 50.6. The second-order valence-corrected chi connectivity index (χ2v) is 0. The fraction of sp³-hybridized carbons (Fsp3) is 1.00. The molecule has 0 bridgehead atoms. The molecule has 0 aromatic rings. The van der Waals surface area contributed by atoms with Gasteiger partial charge in [-0.15, -0.1) is 0 Å². The Bertz CT molecular complexity index is 7.80. The Morgan fingerprint density at radius 2 is 0.400 bits per heavy atom. The standard InChI is InChI=1S/4C2H6.2CH4.2H2/c4*1-2;;;;/h4*1-2H3;2*1H4;2*1H/i;;;;;;2*1+2. The van der Waals surface area contributed by atoms with Gasteiger partial charge in [-0.25, -0.2) is 0 Å². The van der Waals surface area contributed by atoms with E-state index in [2.05, 4.69) is 0 Å². The Kier molecular flexibility index (Phi) is 0. The predicted molar refractivity (Wildman–Crippen MR) is 63.1 cm³/mol. The van der Waals surface area contributed by atoms with Crippen LogP contribution in [0.4, 0.5) is 0 Å². The van der Waals surface area contributed by atoms with Crippen molar-refractivity contribution in [2.24, 2.45) is 0 Å². The van der Waals surface area contributed by atoms with Gasteiger partial charge in [-0.05, 0) is 0 Å². The molecule has 0 heteroatoms. The van der Waals surface area contributed by atoms with Gasteiger partial charge < -0.3 is 0 Å². The van der Waals surface area contributed by atoms with E-state index < -0.39 is 0 Å². The highest BCUT2D eigenvalue weighted by atomic mass is 13.0. The van der Waals surface area contributed by atoms with E-state index in [1.807, 2.05) is 55.4 Å². The first-order valence-electron chi connectivity index (χ1n) is 4.00. The average Bonchev–Trinajstić information content (AvgIpc) is 2.03. The lowest BCUT2D eigenvalue weighted by atomic mass is 11.0. The summed E-state index contributed by atoms with van der Waals surface area (Å²) in [5.74, 6) is 0. The van der Waals surface area contributed by atoms with Crippen molar-refractivity contribution in [3.05, 3.63) is 0 Å². The third-order valence-electron chi connectivity index (χ3n) is 0. The lowest BCUT2D eigenvalue weighted by Gasteiger charge is -1.07. The van der Waals surface area contributed by atoms with Gasteiger partial charge in [0, 0.05) is 2.85 Å². The second-order valence-electron chi connectivity index (χ2n) is 0. The molecule has 0 amide bonds. The highest BCUT2D eigenvalue weighted by Crippen LogP contribution is 1.15. The maximum Gasteiger partial charge on any atom is 0 e. The minimum atomic E-state index is 0. The molecule has 0 N–H and O–H groups in total. The Morgan fingerprint density at radius 3 is 0.400 bits per heavy atom. The summed E-state index contributed by atoms with van der Waals surface area (Å²) in [4.78, 5) is 0. The van der Waals surface area contributed by atoms with E-state index in [0.717, 1.165) is 0 Å². The van der Waals surface area contributed by atoms with Crippen LogP contribution in [0.25, 0.3) is 0 Å². The van der Waals surface area contributed by atoms with Crippen LogP contribution in [-0.4, -0.2) is 0 Å². The van der Waals surface area contributed by atoms with Gasteiger partial charge in [-0.3, -0.25) is 0 Å². The molecule has 0 aromatic heterocycles. The first-order chi connectivity index (χ1) is 4.00. The van der Waals surface area contributed by atoms with E-state index in [0.29, 0.717) is 0 Å². The molecule has 0 heterocycles. The molecular weight excluding hydrogens is 120 g/mol. The van der Waals surface area contributed by atoms with Crippen molar-refractivity contribution in [3.63, 3.8) is 0 Å². The third-order valence-corrected chi connectivity index (χ3v) is 0. The Labute approximate surface area is 74.0 Å². The van der Waals surface area contributed by atoms with E-state index in [9.17, 15) is 0 Å². The molecule has 0 aliphatic heterocycles. The number of rotatable bonds is 0. The molecule has 0 unspecified atom stereocenters. The van der Waals surface area contributed by atoms with Crippen LogP contribution in [0.15, 0.2) is 0 Å². The Morgan fingerprint density at radius 1 is 0.400 bits per heavy atom. The molecule has 0 nitrogen and oxygen atoms in total. The highest BCUT2D eigenvalue weighted by Gasteiger charge is 0.938. The van der Waals surface area contributed by atoms with Crippen molar-refractivity contribution in [1.29, 1.82) is 0 Å². The van der Waals surface area contributed by atoms with Gasteiger partial charge in [0.15, 0.2) is 0 Å². The second kappa shape index (κ2) is 0. The van der Waals surface area contributed by atoms with Crippen molar-refractivity contribution in [1.82, 2.24) is 0 Å². The lowest BCUT2D eigenvalue weighted by Crippen LogP contribution is -0.856. The summed E-state index contributed by atoms with van der Waals surface area (Å²) in [7, 11) is 0. The van der Waals surface area contributed by atoms with E-state index in [4.69, 9.17) is 0 Å². The first-order valence-corrected chi connectivity index (χ1v) is 4.00. The smallest absolute Gasteiger partial charge is 0 e. The summed E-state index contributed by atoms with van der Waals surface area (Å²) < 4.78 is 0. The molecule has 0 spiro atoms. The van der Waals surface area contributed by atoms with Crippen LogP contribution >= 0.6 is 0 Å². The highest BCUT2D eigenvalue weighted by molar-refractivity contribution is 3.51. The molecule has 0 saturated heterocycles. The summed E-state index contributed by atoms with van der Waals surface area (Å²) >= 11 is 0. The molecular formula is C10H36. The summed E-state index contributed by atoms with van der Waals surface area (Å²) in [5.41, 5.74) is 0. The minimum absolute atomic E-state index is 0. The largest absolute Gasteiger partial charge is 0.0776 e. The third kappa shape index (κ3) is 0. The van der Waals surface area contributed by atoms with Gasteiger partial charge in [0.25, 0.3) is 0 Å². The normalized spacial score (nSPS) is 2.40. The van der Waals surface area contributed by atoms with E-state index in [-0.39, 0.29) is 17.7 Å². The SMILES string of the molecule is C.C.CC.CC.CC.CC.[3HH].[3HH]. The summed E-state index contributed by atoms with van der Waals surface area (Å²) in [6.45, 7) is 16.0. The van der Waals surface area contributed by atoms with Gasteiger partial charge in [0.1, 0.15) is 0 Å². The van der Waals surface area contributed by atoms with Crippen LogP contribution in [0.3, 0.4) is 0 Å². The predicted octanol–water partition coefficient (Wildman–Crippen LogP) is 5.87. The molecule has 0 saturated carbocycles. The average molecular weight is 160 g/mol. The summed E-state index contributed by atoms with van der Waals surface area (Å²) in [5, 5.41) is 0. The van der Waals surface area contributed by atoms with Crippen molar-refractivity contribution in [2.45, 2.75) is 70.2 Å². The molecule has 0 rings (SSSR count). The Balaban J connectivity index is -0.00000000267. The van der Waals surface area contributed by atoms with E-state index in [1.54, 1.807) is 0 Å². The Hall–Kier alpha value is 0. The zero-order valence-electron chi connectivity index (χ0n) is 8.00. The van der Waals surface area contributed by atoms with E-state index >= 15 is 0 Å². The molecule has 0 aliphatic rings. The number of hydrogen-bond donors (Lipinski definition) is 0. The van der Waals surface area contributed by atoms with Crippen molar-refractivity contribution in [3.8, 4) is 0 Å². The van der Waals surface area contributed by atoms with Gasteiger partial charge in [-0.1, -0.05) is 70.2 Å². The van der Waals surface area contributed by atoms with Gasteiger partial charge in [0.05, 0.1) is 0 Å². The molecule has 0 fully saturated rings. The molecule has 0 atom stereocenters. The van der Waals surface area contributed by atoms with Crippen LogP contribution in [0.1, 0.15) is 73.1 Å². The monoisotopic (exact) mass is 160 g/mol. The van der Waals surface area contributed by atoms with Crippen LogP contribution in [0.5, 0.6) is 0 Å². The zero-order chi connectivity index (χ0) is 8.00. The van der Waals surface area contributed by atoms with Gasteiger partial charge in [0.2, 0.25) is 0 Å². The van der Waals surface area contributed by atoms with Crippen molar-refractivity contribution < 1.29 is 2.85 Å². The van der Waals surface area contributed by atoms with Gasteiger partial charge in [-0.2, -0.15) is 0 Å². The molecule has 0 aliphatic carbocycles. The van der Waals surface area contributed by atoms with Crippen molar-refractivity contribution >= 4 is 0 Å².